The molecule has 160 valence electrons. The molecular weight excluding hydrogens is 437 g/mol. The molecule has 32 heavy (non-hydrogen) atoms. The Morgan fingerprint density at radius 2 is 1.91 bits per heavy atom. The maximum atomic E-state index is 14.0. The summed E-state index contributed by atoms with van der Waals surface area (Å²) < 4.78 is 24.8. The van der Waals surface area contributed by atoms with E-state index in [9.17, 15) is 24.6 Å². The minimum atomic E-state index is -0.826. The van der Waals surface area contributed by atoms with E-state index in [0.29, 0.717) is 15.3 Å². The minimum absolute atomic E-state index is 0.122. The molecule has 1 amide bonds. The van der Waals surface area contributed by atoms with Crippen LogP contribution in [0, 0.1) is 27.3 Å². The lowest BCUT2D eigenvalue weighted by Gasteiger charge is -2.19. The van der Waals surface area contributed by atoms with Crippen LogP contribution in [0.25, 0.3) is 16.5 Å². The van der Waals surface area contributed by atoms with E-state index in [1.54, 1.807) is 36.4 Å². The van der Waals surface area contributed by atoms with Crippen LogP contribution in [0.5, 0.6) is 11.5 Å². The quantitative estimate of drug-likeness (QED) is 0.258. The lowest BCUT2D eigenvalue weighted by molar-refractivity contribution is -0.384. The van der Waals surface area contributed by atoms with Crippen LogP contribution >= 0.6 is 11.3 Å². The number of nitrogens with one attached hydrogen (secondary N) is 1. The Balaban J connectivity index is 1.61. The van der Waals surface area contributed by atoms with Crippen LogP contribution in [0.1, 0.15) is 4.88 Å². The summed E-state index contributed by atoms with van der Waals surface area (Å²) >= 11 is 1.20. The van der Waals surface area contributed by atoms with E-state index in [0.717, 1.165) is 0 Å². The standard InChI is InChI=1S/C22H14FN3O5S/c23-16-4-2-1-3-15(16)21-6-5-14(32-21)9-13(12-24)22(27)25-17-10-19-20(31-8-7-30-19)11-18(17)26(28)29/h1-6,9-11H,7-8H2,(H,25,27)/b13-9+. The van der Waals surface area contributed by atoms with Crippen LogP contribution in [0.4, 0.5) is 15.8 Å². The number of thiophene rings is 1. The Labute approximate surface area is 185 Å². The lowest BCUT2D eigenvalue weighted by Crippen LogP contribution is -2.18. The van der Waals surface area contributed by atoms with E-state index in [-0.39, 0.29) is 41.8 Å². The highest BCUT2D eigenvalue weighted by Gasteiger charge is 2.24. The zero-order chi connectivity index (χ0) is 22.7. The first kappa shape index (κ1) is 21.0. The number of hydrogen-bond donors (Lipinski definition) is 1. The SMILES string of the molecule is N#C/C(=C\c1ccc(-c2ccccc2F)s1)C(=O)Nc1cc2c(cc1[N+](=O)[O-])OCCO2. The molecule has 3 aromatic rings. The third-order valence-corrected chi connectivity index (χ3v) is 5.59. The summed E-state index contributed by atoms with van der Waals surface area (Å²) in [6, 6.07) is 13.9. The molecule has 0 atom stereocenters. The number of hydrogen-bond acceptors (Lipinski definition) is 7. The molecule has 2 aromatic carbocycles. The van der Waals surface area contributed by atoms with Crippen LogP contribution in [0.3, 0.4) is 0 Å². The predicted octanol–water partition coefficient (Wildman–Crippen LogP) is 4.78. The molecule has 0 saturated heterocycles. The van der Waals surface area contributed by atoms with Crippen molar-refractivity contribution >= 4 is 34.7 Å². The topological polar surface area (TPSA) is 114 Å². The number of carbonyl (C=O) groups excluding carboxylic acids is 1. The molecule has 0 fully saturated rings. The van der Waals surface area contributed by atoms with Crippen LogP contribution < -0.4 is 14.8 Å². The van der Waals surface area contributed by atoms with Crippen LogP contribution in [0.15, 0.2) is 54.1 Å². The summed E-state index contributed by atoms with van der Waals surface area (Å²) in [6.07, 6.45) is 1.34. The van der Waals surface area contributed by atoms with Crippen molar-refractivity contribution in [2.24, 2.45) is 0 Å². The zero-order valence-corrected chi connectivity index (χ0v) is 17.1. The summed E-state index contributed by atoms with van der Waals surface area (Å²) in [7, 11) is 0. The molecule has 1 aliphatic heterocycles. The van der Waals surface area contributed by atoms with Crippen molar-refractivity contribution in [1.29, 1.82) is 5.26 Å². The average Bonchev–Trinajstić information content (AvgIpc) is 3.25. The monoisotopic (exact) mass is 451 g/mol. The van der Waals surface area contributed by atoms with E-state index in [1.165, 1.54) is 35.6 Å². The second-order valence-corrected chi connectivity index (χ2v) is 7.69. The molecule has 0 spiro atoms. The minimum Gasteiger partial charge on any atom is -0.486 e. The van der Waals surface area contributed by atoms with Gasteiger partial charge in [0.2, 0.25) is 0 Å². The Morgan fingerprint density at radius 3 is 2.59 bits per heavy atom. The number of fused-ring (bicyclic) bond motifs is 1. The number of rotatable bonds is 5. The zero-order valence-electron chi connectivity index (χ0n) is 16.3. The van der Waals surface area contributed by atoms with E-state index >= 15 is 0 Å². The highest BCUT2D eigenvalue weighted by Crippen LogP contribution is 2.39. The van der Waals surface area contributed by atoms with Crippen LogP contribution in [0.2, 0.25) is 0 Å². The molecule has 8 nitrogen and oxygen atoms in total. The van der Waals surface area contributed by atoms with E-state index in [2.05, 4.69) is 5.32 Å². The van der Waals surface area contributed by atoms with Gasteiger partial charge >= 0.3 is 0 Å². The third-order valence-electron chi connectivity index (χ3n) is 4.52. The predicted molar refractivity (Wildman–Crippen MR) is 116 cm³/mol. The van der Waals surface area contributed by atoms with Crippen molar-refractivity contribution in [2.75, 3.05) is 18.5 Å². The fraction of sp³-hybridized carbons (Fsp3) is 0.0909. The molecule has 0 unspecified atom stereocenters. The fourth-order valence-corrected chi connectivity index (χ4v) is 4.02. The van der Waals surface area contributed by atoms with Crippen molar-refractivity contribution < 1.29 is 23.6 Å². The fourth-order valence-electron chi connectivity index (χ4n) is 3.05. The van der Waals surface area contributed by atoms with Crippen molar-refractivity contribution in [3.8, 4) is 28.0 Å². The molecule has 4 rings (SSSR count). The third kappa shape index (κ3) is 4.28. The Bertz CT molecular complexity index is 1290. The number of nitriles is 1. The van der Waals surface area contributed by atoms with E-state index in [1.807, 2.05) is 0 Å². The largest absolute Gasteiger partial charge is 0.486 e. The van der Waals surface area contributed by atoms with Gasteiger partial charge in [-0.2, -0.15) is 5.26 Å². The maximum absolute atomic E-state index is 14.0. The van der Waals surface area contributed by atoms with Gasteiger partial charge in [0, 0.05) is 21.4 Å². The van der Waals surface area contributed by atoms with Crippen molar-refractivity contribution in [1.82, 2.24) is 0 Å². The molecule has 1 aliphatic rings. The second-order valence-electron chi connectivity index (χ2n) is 6.58. The van der Waals surface area contributed by atoms with Gasteiger partial charge in [-0.15, -0.1) is 11.3 Å². The number of ether oxygens (including phenoxy) is 2. The normalized spacial score (nSPS) is 12.7. The van der Waals surface area contributed by atoms with E-state index in [4.69, 9.17) is 9.47 Å². The van der Waals surface area contributed by atoms with Gasteiger partial charge in [0.1, 0.15) is 36.4 Å². The molecule has 10 heteroatoms. The Hall–Kier alpha value is -4.23. The van der Waals surface area contributed by atoms with Gasteiger partial charge in [0.15, 0.2) is 11.5 Å². The highest BCUT2D eigenvalue weighted by atomic mass is 32.1. The molecular formula is C22H14FN3O5S. The molecule has 0 radical (unpaired) electrons. The van der Waals surface area contributed by atoms with Crippen LogP contribution in [-0.4, -0.2) is 24.0 Å². The van der Waals surface area contributed by atoms with Crippen molar-refractivity contribution in [3.63, 3.8) is 0 Å². The van der Waals surface area contributed by atoms with Crippen molar-refractivity contribution in [3.05, 3.63) is 74.9 Å². The van der Waals surface area contributed by atoms with Gasteiger partial charge in [-0.05, 0) is 24.3 Å². The van der Waals surface area contributed by atoms with Gasteiger partial charge in [-0.3, -0.25) is 14.9 Å². The van der Waals surface area contributed by atoms with Gasteiger partial charge in [0.25, 0.3) is 11.6 Å². The first-order chi connectivity index (χ1) is 15.5. The Kier molecular flexibility index (Phi) is 5.83. The first-order valence-corrected chi connectivity index (χ1v) is 10.1. The summed E-state index contributed by atoms with van der Waals surface area (Å²) in [5.41, 5.74) is -0.371. The lowest BCUT2D eigenvalue weighted by atomic mass is 10.1. The number of nitrogens with zero attached hydrogens (tertiary/aromatic N) is 2. The molecule has 0 saturated carbocycles. The molecule has 0 bridgehead atoms. The van der Waals surface area contributed by atoms with Gasteiger partial charge in [-0.1, -0.05) is 18.2 Å². The van der Waals surface area contributed by atoms with E-state index < -0.39 is 16.5 Å². The average molecular weight is 451 g/mol. The Morgan fingerprint density at radius 1 is 1.19 bits per heavy atom. The number of nitro groups is 1. The highest BCUT2D eigenvalue weighted by molar-refractivity contribution is 7.16. The number of carbonyl (C=O) groups is 1. The molecule has 1 N–H and O–H groups in total. The number of anilines is 1. The smallest absolute Gasteiger partial charge is 0.296 e. The summed E-state index contributed by atoms with van der Waals surface area (Å²) in [4.78, 5) is 24.6. The second kappa shape index (κ2) is 8.87. The number of nitro benzene ring substituents is 1. The van der Waals surface area contributed by atoms with Crippen LogP contribution in [-0.2, 0) is 4.79 Å². The first-order valence-electron chi connectivity index (χ1n) is 9.32. The summed E-state index contributed by atoms with van der Waals surface area (Å²) in [6.45, 7) is 0.525. The van der Waals surface area contributed by atoms with Crippen molar-refractivity contribution in [2.45, 2.75) is 0 Å². The number of amides is 1. The molecule has 1 aromatic heterocycles. The molecule has 2 heterocycles. The number of halogens is 1. The summed E-state index contributed by atoms with van der Waals surface area (Å²) in [5, 5.41) is 23.3. The van der Waals surface area contributed by atoms with Gasteiger partial charge in [0.05, 0.1) is 11.0 Å². The van der Waals surface area contributed by atoms with Gasteiger partial charge in [-0.25, -0.2) is 4.39 Å². The number of benzene rings is 2. The summed E-state index contributed by atoms with van der Waals surface area (Å²) in [5.74, 6) is -0.745. The molecule has 0 aliphatic carbocycles. The maximum Gasteiger partial charge on any atom is 0.296 e. The van der Waals surface area contributed by atoms with Gasteiger partial charge < -0.3 is 14.8 Å².